The van der Waals surface area contributed by atoms with Gasteiger partial charge in [-0.25, -0.2) is 4.39 Å². The minimum absolute atomic E-state index is 0.00740. The van der Waals surface area contributed by atoms with Crippen LogP contribution < -0.4 is 9.47 Å². The van der Waals surface area contributed by atoms with E-state index in [1.54, 1.807) is 26.4 Å². The van der Waals surface area contributed by atoms with Gasteiger partial charge in [-0.05, 0) is 74.1 Å². The highest BCUT2D eigenvalue weighted by atomic mass is 19.1. The van der Waals surface area contributed by atoms with Crippen molar-refractivity contribution in [1.82, 2.24) is 4.90 Å². The third-order valence-electron chi connectivity index (χ3n) is 5.19. The van der Waals surface area contributed by atoms with Crippen LogP contribution in [0.25, 0.3) is 0 Å². The molecule has 0 aliphatic carbocycles. The van der Waals surface area contributed by atoms with E-state index in [-0.39, 0.29) is 17.8 Å². The number of amides is 1. The predicted octanol–water partition coefficient (Wildman–Crippen LogP) is 4.47. The minimum Gasteiger partial charge on any atom is -0.493 e. The summed E-state index contributed by atoms with van der Waals surface area (Å²) in [5.74, 6) is 1.10. The summed E-state index contributed by atoms with van der Waals surface area (Å²) in [6.07, 6.45) is 4.89. The molecule has 2 aromatic carbocycles. The number of halogens is 1. The number of hydrogen-bond acceptors (Lipinski definition) is 3. The predicted molar refractivity (Wildman–Crippen MR) is 103 cm³/mol. The molecule has 1 heterocycles. The lowest BCUT2D eigenvalue weighted by Crippen LogP contribution is -2.44. The van der Waals surface area contributed by atoms with E-state index in [1.165, 1.54) is 12.1 Å². The highest BCUT2D eigenvalue weighted by Crippen LogP contribution is 2.29. The molecule has 0 aromatic heterocycles. The average Bonchev–Trinajstić information content (AvgIpc) is 2.72. The summed E-state index contributed by atoms with van der Waals surface area (Å²) in [6, 6.07) is 12.0. The third-order valence-corrected chi connectivity index (χ3v) is 5.19. The molecule has 1 unspecified atom stereocenters. The van der Waals surface area contributed by atoms with Gasteiger partial charge in [0.2, 0.25) is 0 Å². The fourth-order valence-electron chi connectivity index (χ4n) is 3.70. The number of carbonyl (C=O) groups is 1. The van der Waals surface area contributed by atoms with Crippen LogP contribution in [0.3, 0.4) is 0 Å². The van der Waals surface area contributed by atoms with Crippen LogP contribution in [-0.4, -0.2) is 37.6 Å². The van der Waals surface area contributed by atoms with Crippen LogP contribution in [0.5, 0.6) is 11.5 Å². The Bertz CT molecular complexity index is 776. The first-order valence-corrected chi connectivity index (χ1v) is 9.40. The molecule has 1 fully saturated rings. The standard InChI is InChI=1S/C22H26FNO3/c1-26-20-13-7-16(15-21(20)27-2)6-12-19-5-3-4-14-24(19)22(25)17-8-10-18(23)11-9-17/h7-11,13,15,19H,3-6,12,14H2,1-2H3. The Balaban J connectivity index is 1.69. The lowest BCUT2D eigenvalue weighted by atomic mass is 9.95. The summed E-state index contributed by atoms with van der Waals surface area (Å²) in [5.41, 5.74) is 1.71. The second kappa shape index (κ2) is 8.89. The van der Waals surface area contributed by atoms with Gasteiger partial charge in [0.25, 0.3) is 5.91 Å². The quantitative estimate of drug-likeness (QED) is 0.752. The molecule has 5 heteroatoms. The van der Waals surface area contributed by atoms with Crippen LogP contribution in [0.2, 0.25) is 0 Å². The number of aryl methyl sites for hydroxylation is 1. The maximum atomic E-state index is 13.1. The number of benzene rings is 2. The van der Waals surface area contributed by atoms with E-state index in [4.69, 9.17) is 9.47 Å². The van der Waals surface area contributed by atoms with Crippen molar-refractivity contribution in [2.75, 3.05) is 20.8 Å². The zero-order valence-corrected chi connectivity index (χ0v) is 15.9. The van der Waals surface area contributed by atoms with Gasteiger partial charge in [-0.3, -0.25) is 4.79 Å². The van der Waals surface area contributed by atoms with Gasteiger partial charge in [0.1, 0.15) is 5.82 Å². The molecule has 0 N–H and O–H groups in total. The Hall–Kier alpha value is -2.56. The zero-order chi connectivity index (χ0) is 19.2. The molecule has 1 amide bonds. The molecule has 2 aromatic rings. The van der Waals surface area contributed by atoms with Crippen molar-refractivity contribution in [2.45, 2.75) is 38.1 Å². The molecule has 27 heavy (non-hydrogen) atoms. The number of likely N-dealkylation sites (tertiary alicyclic amines) is 1. The number of rotatable bonds is 6. The van der Waals surface area contributed by atoms with E-state index < -0.39 is 0 Å². The molecule has 144 valence electrons. The van der Waals surface area contributed by atoms with Crippen LogP contribution in [0.4, 0.5) is 4.39 Å². The van der Waals surface area contributed by atoms with Crippen molar-refractivity contribution in [1.29, 1.82) is 0 Å². The van der Waals surface area contributed by atoms with Gasteiger partial charge in [-0.15, -0.1) is 0 Å². The van der Waals surface area contributed by atoms with Crippen molar-refractivity contribution < 1.29 is 18.7 Å². The van der Waals surface area contributed by atoms with Crippen LogP contribution >= 0.6 is 0 Å². The largest absolute Gasteiger partial charge is 0.493 e. The van der Waals surface area contributed by atoms with Gasteiger partial charge < -0.3 is 14.4 Å². The molecule has 1 aliphatic heterocycles. The van der Waals surface area contributed by atoms with E-state index in [1.807, 2.05) is 23.1 Å². The molecule has 3 rings (SSSR count). The average molecular weight is 371 g/mol. The Labute approximate surface area is 159 Å². The monoisotopic (exact) mass is 371 g/mol. The third kappa shape index (κ3) is 4.59. The Morgan fingerprint density at radius 2 is 1.81 bits per heavy atom. The highest BCUT2D eigenvalue weighted by Gasteiger charge is 2.27. The smallest absolute Gasteiger partial charge is 0.254 e. The molecule has 0 spiro atoms. The summed E-state index contributed by atoms with van der Waals surface area (Å²) in [4.78, 5) is 14.8. The van der Waals surface area contributed by atoms with Gasteiger partial charge in [0.05, 0.1) is 14.2 Å². The first-order valence-electron chi connectivity index (χ1n) is 9.40. The normalized spacial score (nSPS) is 16.9. The lowest BCUT2D eigenvalue weighted by molar-refractivity contribution is 0.0602. The maximum absolute atomic E-state index is 13.1. The second-order valence-corrected chi connectivity index (χ2v) is 6.88. The van der Waals surface area contributed by atoms with E-state index in [0.29, 0.717) is 11.3 Å². The molecule has 1 saturated heterocycles. The molecular weight excluding hydrogens is 345 g/mol. The van der Waals surface area contributed by atoms with Crippen molar-refractivity contribution in [3.05, 3.63) is 59.4 Å². The first kappa shape index (κ1) is 19.2. The van der Waals surface area contributed by atoms with E-state index in [0.717, 1.165) is 50.0 Å². The summed E-state index contributed by atoms with van der Waals surface area (Å²) >= 11 is 0. The second-order valence-electron chi connectivity index (χ2n) is 6.88. The van der Waals surface area contributed by atoms with Gasteiger partial charge in [0, 0.05) is 18.2 Å². The van der Waals surface area contributed by atoms with Crippen LogP contribution in [0, 0.1) is 5.82 Å². The minimum atomic E-state index is -0.324. The molecule has 1 aliphatic rings. The summed E-state index contributed by atoms with van der Waals surface area (Å²) in [7, 11) is 3.25. The maximum Gasteiger partial charge on any atom is 0.254 e. The van der Waals surface area contributed by atoms with Crippen molar-refractivity contribution >= 4 is 5.91 Å². The Morgan fingerprint density at radius 3 is 2.52 bits per heavy atom. The van der Waals surface area contributed by atoms with E-state index in [9.17, 15) is 9.18 Å². The molecule has 4 nitrogen and oxygen atoms in total. The fraction of sp³-hybridized carbons (Fsp3) is 0.409. The zero-order valence-electron chi connectivity index (χ0n) is 15.9. The highest BCUT2D eigenvalue weighted by molar-refractivity contribution is 5.94. The van der Waals surface area contributed by atoms with Crippen LogP contribution in [0.1, 0.15) is 41.6 Å². The number of piperidine rings is 1. The van der Waals surface area contributed by atoms with Gasteiger partial charge in [-0.2, -0.15) is 0 Å². The van der Waals surface area contributed by atoms with Crippen molar-refractivity contribution in [2.24, 2.45) is 0 Å². The first-order chi connectivity index (χ1) is 13.1. The van der Waals surface area contributed by atoms with Crippen molar-refractivity contribution in [3.63, 3.8) is 0 Å². The van der Waals surface area contributed by atoms with Crippen LogP contribution in [0.15, 0.2) is 42.5 Å². The fourth-order valence-corrected chi connectivity index (χ4v) is 3.70. The lowest BCUT2D eigenvalue weighted by Gasteiger charge is -2.36. The molecular formula is C22H26FNO3. The molecule has 0 radical (unpaired) electrons. The van der Waals surface area contributed by atoms with Gasteiger partial charge >= 0.3 is 0 Å². The summed E-state index contributed by atoms with van der Waals surface area (Å²) in [6.45, 7) is 0.757. The number of methoxy groups -OCH3 is 2. The SMILES string of the molecule is COc1ccc(CCC2CCCCN2C(=O)c2ccc(F)cc2)cc1OC. The molecule has 1 atom stereocenters. The van der Waals surface area contributed by atoms with Gasteiger partial charge in [0.15, 0.2) is 11.5 Å². The van der Waals surface area contributed by atoms with E-state index >= 15 is 0 Å². The Kier molecular flexibility index (Phi) is 6.32. The van der Waals surface area contributed by atoms with E-state index in [2.05, 4.69) is 0 Å². The Morgan fingerprint density at radius 1 is 1.07 bits per heavy atom. The molecule has 0 bridgehead atoms. The number of hydrogen-bond donors (Lipinski definition) is 0. The van der Waals surface area contributed by atoms with Crippen LogP contribution in [-0.2, 0) is 6.42 Å². The van der Waals surface area contributed by atoms with Crippen molar-refractivity contribution in [3.8, 4) is 11.5 Å². The topological polar surface area (TPSA) is 38.8 Å². The summed E-state index contributed by atoms with van der Waals surface area (Å²) in [5, 5.41) is 0. The number of ether oxygens (including phenoxy) is 2. The molecule has 0 saturated carbocycles. The number of carbonyl (C=O) groups excluding carboxylic acids is 1. The summed E-state index contributed by atoms with van der Waals surface area (Å²) < 4.78 is 23.8. The number of nitrogens with zero attached hydrogens (tertiary/aromatic N) is 1. The van der Waals surface area contributed by atoms with Gasteiger partial charge in [-0.1, -0.05) is 6.07 Å².